The second kappa shape index (κ2) is 6.83. The molecule has 0 fully saturated rings. The smallest absolute Gasteiger partial charge is 0.407 e. The van der Waals surface area contributed by atoms with Gasteiger partial charge in [-0.3, -0.25) is 4.79 Å². The standard InChI is InChI=1S/C17H16N4O3S/c1-20-7-2-3-11(20)4-5-15(22)19-16-13(9-18)12-6-8-21(17(23)24)10-14(12)25-16/h2-5,7H,6,8,10H2,1H3,(H,19,22)(H,23,24). The Bertz CT molecular complexity index is 904. The van der Waals surface area contributed by atoms with Gasteiger partial charge in [-0.05, 0) is 30.2 Å². The Hall–Kier alpha value is -3.05. The summed E-state index contributed by atoms with van der Waals surface area (Å²) in [6.07, 6.45) is 4.50. The monoisotopic (exact) mass is 356 g/mol. The van der Waals surface area contributed by atoms with Crippen molar-refractivity contribution in [1.29, 1.82) is 5.26 Å². The zero-order valence-electron chi connectivity index (χ0n) is 13.5. The van der Waals surface area contributed by atoms with Gasteiger partial charge in [0.15, 0.2) is 0 Å². The highest BCUT2D eigenvalue weighted by Crippen LogP contribution is 2.36. The van der Waals surface area contributed by atoms with E-state index in [1.165, 1.54) is 22.3 Å². The molecular weight excluding hydrogens is 340 g/mol. The number of nitrogens with zero attached hydrogens (tertiary/aromatic N) is 3. The number of hydrogen-bond acceptors (Lipinski definition) is 4. The quantitative estimate of drug-likeness (QED) is 0.826. The number of aryl methyl sites for hydroxylation is 1. The van der Waals surface area contributed by atoms with Crippen molar-refractivity contribution in [2.75, 3.05) is 11.9 Å². The Morgan fingerprint density at radius 2 is 2.28 bits per heavy atom. The molecule has 0 aromatic carbocycles. The lowest BCUT2D eigenvalue weighted by atomic mass is 10.0. The van der Waals surface area contributed by atoms with Crippen LogP contribution in [0.3, 0.4) is 0 Å². The molecule has 128 valence electrons. The van der Waals surface area contributed by atoms with Gasteiger partial charge in [0.2, 0.25) is 5.91 Å². The molecule has 0 spiro atoms. The predicted octanol–water partition coefficient (Wildman–Crippen LogP) is 2.65. The van der Waals surface area contributed by atoms with Crippen molar-refractivity contribution in [3.8, 4) is 6.07 Å². The molecular formula is C17H16N4O3S. The maximum absolute atomic E-state index is 12.2. The van der Waals surface area contributed by atoms with Crippen molar-refractivity contribution in [2.45, 2.75) is 13.0 Å². The first kappa shape index (κ1) is 16.8. The first-order valence-corrected chi connectivity index (χ1v) is 8.44. The fourth-order valence-corrected chi connectivity index (χ4v) is 3.95. The SMILES string of the molecule is Cn1cccc1C=CC(=O)Nc1sc2c(c1C#N)CCN(C(=O)O)C2. The van der Waals surface area contributed by atoms with Crippen LogP contribution in [0.1, 0.15) is 21.7 Å². The van der Waals surface area contributed by atoms with Gasteiger partial charge >= 0.3 is 6.09 Å². The highest BCUT2D eigenvalue weighted by molar-refractivity contribution is 7.16. The molecule has 1 aliphatic rings. The van der Waals surface area contributed by atoms with E-state index in [4.69, 9.17) is 5.11 Å². The van der Waals surface area contributed by atoms with Crippen LogP contribution in [0.15, 0.2) is 24.4 Å². The van der Waals surface area contributed by atoms with E-state index in [0.717, 1.165) is 16.1 Å². The van der Waals surface area contributed by atoms with E-state index in [1.807, 2.05) is 29.9 Å². The summed E-state index contributed by atoms with van der Waals surface area (Å²) < 4.78 is 1.88. The lowest BCUT2D eigenvalue weighted by Gasteiger charge is -2.23. The molecule has 3 heterocycles. The third-order valence-corrected chi connectivity index (χ3v) is 5.20. The second-order valence-electron chi connectivity index (χ2n) is 5.64. The minimum Gasteiger partial charge on any atom is -0.465 e. The van der Waals surface area contributed by atoms with Crippen molar-refractivity contribution in [3.63, 3.8) is 0 Å². The van der Waals surface area contributed by atoms with E-state index in [-0.39, 0.29) is 12.5 Å². The Balaban J connectivity index is 1.78. The molecule has 2 aromatic rings. The third-order valence-electron chi connectivity index (χ3n) is 4.07. The summed E-state index contributed by atoms with van der Waals surface area (Å²) in [5.41, 5.74) is 2.16. The molecule has 1 aliphatic heterocycles. The summed E-state index contributed by atoms with van der Waals surface area (Å²) in [6.45, 7) is 0.605. The number of anilines is 1. The van der Waals surface area contributed by atoms with Crippen LogP contribution in [0, 0.1) is 11.3 Å². The number of carbonyl (C=O) groups excluding carboxylic acids is 1. The van der Waals surface area contributed by atoms with Gasteiger partial charge in [-0.15, -0.1) is 11.3 Å². The number of hydrogen-bond donors (Lipinski definition) is 2. The predicted molar refractivity (Wildman–Crippen MR) is 94.2 cm³/mol. The van der Waals surface area contributed by atoms with Crippen LogP contribution in [0.2, 0.25) is 0 Å². The number of fused-ring (bicyclic) bond motifs is 1. The maximum atomic E-state index is 12.2. The van der Waals surface area contributed by atoms with Gasteiger partial charge < -0.3 is 19.9 Å². The minimum absolute atomic E-state index is 0.249. The van der Waals surface area contributed by atoms with E-state index < -0.39 is 6.09 Å². The zero-order valence-corrected chi connectivity index (χ0v) is 14.3. The summed E-state index contributed by atoms with van der Waals surface area (Å²) in [4.78, 5) is 25.4. The van der Waals surface area contributed by atoms with Crippen LogP contribution in [-0.2, 0) is 24.8 Å². The minimum atomic E-state index is -0.978. The Morgan fingerprint density at radius 3 is 2.92 bits per heavy atom. The molecule has 0 saturated heterocycles. The summed E-state index contributed by atoms with van der Waals surface area (Å²) in [5.74, 6) is -0.327. The number of nitrogens with one attached hydrogen (secondary N) is 1. The maximum Gasteiger partial charge on any atom is 0.407 e. The van der Waals surface area contributed by atoms with Gasteiger partial charge in [0.25, 0.3) is 0 Å². The van der Waals surface area contributed by atoms with Crippen molar-refractivity contribution < 1.29 is 14.7 Å². The highest BCUT2D eigenvalue weighted by Gasteiger charge is 2.27. The molecule has 0 atom stereocenters. The first-order chi connectivity index (χ1) is 12.0. The van der Waals surface area contributed by atoms with Gasteiger partial charge in [0.05, 0.1) is 12.1 Å². The van der Waals surface area contributed by atoms with Gasteiger partial charge in [0, 0.05) is 36.4 Å². The Kier molecular flexibility index (Phi) is 4.59. The number of thiophene rings is 1. The fourth-order valence-electron chi connectivity index (χ4n) is 2.74. The van der Waals surface area contributed by atoms with Crippen LogP contribution in [0.5, 0.6) is 0 Å². The van der Waals surface area contributed by atoms with E-state index in [0.29, 0.717) is 23.5 Å². The Morgan fingerprint density at radius 1 is 1.48 bits per heavy atom. The largest absolute Gasteiger partial charge is 0.465 e. The average molecular weight is 356 g/mol. The normalized spacial score (nSPS) is 13.5. The van der Waals surface area contributed by atoms with Gasteiger partial charge in [-0.1, -0.05) is 0 Å². The molecule has 2 aromatic heterocycles. The second-order valence-corrected chi connectivity index (χ2v) is 6.75. The number of carboxylic acid groups (broad SMARTS) is 1. The topological polar surface area (TPSA) is 98.4 Å². The molecule has 7 nitrogen and oxygen atoms in total. The van der Waals surface area contributed by atoms with E-state index >= 15 is 0 Å². The molecule has 0 unspecified atom stereocenters. The van der Waals surface area contributed by atoms with Crippen LogP contribution in [-0.4, -0.2) is 33.1 Å². The number of aromatic nitrogens is 1. The van der Waals surface area contributed by atoms with E-state index in [1.54, 1.807) is 6.08 Å². The summed E-state index contributed by atoms with van der Waals surface area (Å²) >= 11 is 1.26. The van der Waals surface area contributed by atoms with Crippen molar-refractivity contribution in [3.05, 3.63) is 46.1 Å². The highest BCUT2D eigenvalue weighted by atomic mass is 32.1. The molecule has 0 bridgehead atoms. The molecule has 0 aliphatic carbocycles. The molecule has 2 amide bonds. The lowest BCUT2D eigenvalue weighted by Crippen LogP contribution is -2.34. The van der Waals surface area contributed by atoms with Crippen molar-refractivity contribution in [2.24, 2.45) is 7.05 Å². The molecule has 8 heteroatoms. The first-order valence-electron chi connectivity index (χ1n) is 7.62. The average Bonchev–Trinajstić information content (AvgIpc) is 3.14. The summed E-state index contributed by atoms with van der Waals surface area (Å²) in [6, 6.07) is 5.90. The number of amides is 2. The Labute approximate surface area is 148 Å². The van der Waals surface area contributed by atoms with Gasteiger partial charge in [-0.25, -0.2) is 4.79 Å². The van der Waals surface area contributed by atoms with Crippen LogP contribution in [0.4, 0.5) is 9.80 Å². The third kappa shape index (κ3) is 3.41. The van der Waals surface area contributed by atoms with Crippen LogP contribution >= 0.6 is 11.3 Å². The van der Waals surface area contributed by atoms with Gasteiger partial charge in [0.1, 0.15) is 11.1 Å². The number of rotatable bonds is 3. The van der Waals surface area contributed by atoms with Crippen molar-refractivity contribution >= 4 is 34.4 Å². The molecule has 25 heavy (non-hydrogen) atoms. The van der Waals surface area contributed by atoms with Crippen LogP contribution in [0.25, 0.3) is 6.08 Å². The summed E-state index contributed by atoms with van der Waals surface area (Å²) in [5, 5.41) is 21.7. The summed E-state index contributed by atoms with van der Waals surface area (Å²) in [7, 11) is 1.88. The lowest BCUT2D eigenvalue weighted by molar-refractivity contribution is -0.111. The van der Waals surface area contributed by atoms with E-state index in [2.05, 4.69) is 11.4 Å². The zero-order chi connectivity index (χ0) is 18.0. The molecule has 0 radical (unpaired) electrons. The van der Waals surface area contributed by atoms with Gasteiger partial charge in [-0.2, -0.15) is 5.26 Å². The van der Waals surface area contributed by atoms with E-state index in [9.17, 15) is 14.9 Å². The number of nitriles is 1. The van der Waals surface area contributed by atoms with Crippen molar-refractivity contribution in [1.82, 2.24) is 9.47 Å². The molecule has 0 saturated carbocycles. The fraction of sp³-hybridized carbons (Fsp3) is 0.235. The number of carbonyl (C=O) groups is 2. The van der Waals surface area contributed by atoms with Crippen LogP contribution < -0.4 is 5.32 Å². The molecule has 2 N–H and O–H groups in total. The molecule has 3 rings (SSSR count).